The Morgan fingerprint density at radius 2 is 2.15 bits per heavy atom. The Balaban J connectivity index is 2.28. The molecule has 1 fully saturated rings. The molecule has 0 aromatic carbocycles. The lowest BCUT2D eigenvalue weighted by atomic mass is 9.91. The van der Waals surface area contributed by atoms with E-state index in [4.69, 9.17) is 9.84 Å². The Labute approximate surface area is 118 Å². The summed E-state index contributed by atoms with van der Waals surface area (Å²) in [6.07, 6.45) is -0.723. The fraction of sp³-hybridized carbons (Fsp3) is 0.583. The maximum Gasteiger partial charge on any atom is 0.352 e. The Morgan fingerprint density at radius 3 is 2.65 bits per heavy atom. The summed E-state index contributed by atoms with van der Waals surface area (Å²) in [5.41, 5.74) is 0.310. The van der Waals surface area contributed by atoms with E-state index in [-0.39, 0.29) is 11.4 Å². The third-order valence-electron chi connectivity index (χ3n) is 3.42. The van der Waals surface area contributed by atoms with E-state index >= 15 is 0 Å². The van der Waals surface area contributed by atoms with Crippen LogP contribution < -0.4 is 0 Å². The molecule has 0 aliphatic carbocycles. The van der Waals surface area contributed by atoms with Crippen LogP contribution in [0.2, 0.25) is 0 Å². The number of hydrogen-bond donors (Lipinski definition) is 1. The molecule has 110 valence electrons. The number of ether oxygens (including phenoxy) is 1. The Hall–Kier alpha value is -1.54. The van der Waals surface area contributed by atoms with Crippen LogP contribution >= 0.6 is 0 Å². The molecule has 1 amide bonds. The van der Waals surface area contributed by atoms with Crippen molar-refractivity contribution in [3.05, 3.63) is 11.3 Å². The average Bonchev–Trinajstić information content (AvgIpc) is 2.28. The number of fused-ring (bicyclic) bond motifs is 1. The molecule has 2 heterocycles. The van der Waals surface area contributed by atoms with E-state index in [2.05, 4.69) is 0 Å². The van der Waals surface area contributed by atoms with Crippen molar-refractivity contribution in [3.8, 4) is 0 Å². The van der Waals surface area contributed by atoms with Gasteiger partial charge in [0.1, 0.15) is 23.5 Å². The van der Waals surface area contributed by atoms with Crippen LogP contribution in [0.5, 0.6) is 0 Å². The Kier molecular flexibility index (Phi) is 3.79. The fourth-order valence-corrected chi connectivity index (χ4v) is 4.47. The SMILES string of the molecule is CC(=O)OC(C)[C@H]1C(=O)N2C(C(=O)O)=C(C)C[S+]([O-])[C@H]12. The molecule has 7 nitrogen and oxygen atoms in total. The van der Waals surface area contributed by atoms with Crippen molar-refractivity contribution in [2.45, 2.75) is 32.2 Å². The van der Waals surface area contributed by atoms with Gasteiger partial charge in [0.05, 0.1) is 0 Å². The molecule has 0 saturated carbocycles. The van der Waals surface area contributed by atoms with E-state index in [1.165, 1.54) is 6.92 Å². The van der Waals surface area contributed by atoms with Crippen molar-refractivity contribution >= 4 is 29.0 Å². The summed E-state index contributed by atoms with van der Waals surface area (Å²) in [5.74, 6) is -2.85. The van der Waals surface area contributed by atoms with Crippen molar-refractivity contribution in [2.24, 2.45) is 5.92 Å². The molecule has 20 heavy (non-hydrogen) atoms. The van der Waals surface area contributed by atoms with Gasteiger partial charge in [0.15, 0.2) is 0 Å². The van der Waals surface area contributed by atoms with E-state index in [1.54, 1.807) is 13.8 Å². The van der Waals surface area contributed by atoms with Crippen LogP contribution in [0.25, 0.3) is 0 Å². The summed E-state index contributed by atoms with van der Waals surface area (Å²) in [7, 11) is 0. The summed E-state index contributed by atoms with van der Waals surface area (Å²) in [4.78, 5) is 35.4. The second kappa shape index (κ2) is 5.10. The van der Waals surface area contributed by atoms with Gasteiger partial charge in [0.2, 0.25) is 11.3 Å². The second-order valence-corrected chi connectivity index (χ2v) is 6.43. The second-order valence-electron chi connectivity index (χ2n) is 4.90. The molecular formula is C12H15NO6S. The van der Waals surface area contributed by atoms with Crippen LogP contribution in [-0.2, 0) is 30.3 Å². The number of esters is 1. The number of carbonyl (C=O) groups is 3. The molecule has 2 unspecified atom stereocenters. The normalized spacial score (nSPS) is 30.5. The lowest BCUT2D eigenvalue weighted by molar-refractivity contribution is -0.166. The predicted octanol–water partition coefficient (Wildman–Crippen LogP) is -0.157. The van der Waals surface area contributed by atoms with Gasteiger partial charge < -0.3 is 14.4 Å². The Morgan fingerprint density at radius 1 is 1.55 bits per heavy atom. The molecule has 0 aromatic heterocycles. The zero-order chi connectivity index (χ0) is 15.2. The minimum atomic E-state index is -1.39. The third kappa shape index (κ3) is 2.18. The van der Waals surface area contributed by atoms with Gasteiger partial charge in [0.25, 0.3) is 0 Å². The number of nitrogens with zero attached hydrogens (tertiary/aromatic N) is 1. The topological polar surface area (TPSA) is 107 Å². The first kappa shape index (κ1) is 14.9. The number of β-lactam (4-membered cyclic amide) rings is 1. The molecule has 0 aromatic rings. The number of carbonyl (C=O) groups excluding carboxylic acids is 2. The van der Waals surface area contributed by atoms with Crippen LogP contribution in [0.3, 0.4) is 0 Å². The lowest BCUT2D eigenvalue weighted by Gasteiger charge is -2.50. The summed E-state index contributed by atoms with van der Waals surface area (Å²) < 4.78 is 17.1. The van der Waals surface area contributed by atoms with Gasteiger partial charge in [-0.3, -0.25) is 14.5 Å². The minimum absolute atomic E-state index is 0.106. The number of carboxylic acids is 1. The number of hydrogen-bond acceptors (Lipinski definition) is 5. The molecule has 0 bridgehead atoms. The van der Waals surface area contributed by atoms with Gasteiger partial charge in [-0.25, -0.2) is 4.79 Å². The highest BCUT2D eigenvalue weighted by atomic mass is 32.2. The van der Waals surface area contributed by atoms with Gasteiger partial charge in [-0.2, -0.15) is 0 Å². The van der Waals surface area contributed by atoms with Gasteiger partial charge in [-0.1, -0.05) is 0 Å². The molecule has 8 heteroatoms. The zero-order valence-corrected chi connectivity index (χ0v) is 12.1. The largest absolute Gasteiger partial charge is 0.614 e. The molecule has 2 aliphatic rings. The maximum atomic E-state index is 12.1. The number of rotatable bonds is 3. The lowest BCUT2D eigenvalue weighted by Crippen LogP contribution is -2.69. The highest BCUT2D eigenvalue weighted by Crippen LogP contribution is 2.42. The molecule has 1 saturated heterocycles. The van der Waals surface area contributed by atoms with Crippen molar-refractivity contribution in [2.75, 3.05) is 5.75 Å². The van der Waals surface area contributed by atoms with Gasteiger partial charge in [-0.05, 0) is 25.0 Å². The minimum Gasteiger partial charge on any atom is -0.614 e. The summed E-state index contributed by atoms with van der Waals surface area (Å²) in [5, 5.41) is 8.44. The monoisotopic (exact) mass is 301 g/mol. The van der Waals surface area contributed by atoms with Gasteiger partial charge in [-0.15, -0.1) is 0 Å². The average molecular weight is 301 g/mol. The fourth-order valence-electron chi connectivity index (χ4n) is 2.63. The van der Waals surface area contributed by atoms with E-state index in [0.29, 0.717) is 5.57 Å². The highest BCUT2D eigenvalue weighted by molar-refractivity contribution is 7.92. The van der Waals surface area contributed by atoms with E-state index in [1.807, 2.05) is 0 Å². The van der Waals surface area contributed by atoms with Crippen LogP contribution in [0.4, 0.5) is 0 Å². The van der Waals surface area contributed by atoms with Crippen LogP contribution in [0.1, 0.15) is 20.8 Å². The predicted molar refractivity (Wildman–Crippen MR) is 68.7 cm³/mol. The molecule has 1 N–H and O–H groups in total. The summed E-state index contributed by atoms with van der Waals surface area (Å²) in [6, 6.07) is 0. The highest BCUT2D eigenvalue weighted by Gasteiger charge is 2.62. The first-order valence-electron chi connectivity index (χ1n) is 6.06. The van der Waals surface area contributed by atoms with E-state index in [0.717, 1.165) is 4.90 Å². The number of aliphatic carboxylic acids is 1. The number of amides is 1. The molecule has 0 radical (unpaired) electrons. The molecular weight excluding hydrogens is 286 g/mol. The first-order valence-corrected chi connectivity index (χ1v) is 7.44. The van der Waals surface area contributed by atoms with Crippen molar-refractivity contribution in [1.29, 1.82) is 0 Å². The van der Waals surface area contributed by atoms with E-state index < -0.39 is 46.4 Å². The van der Waals surface area contributed by atoms with E-state index in [9.17, 15) is 18.9 Å². The van der Waals surface area contributed by atoms with Crippen molar-refractivity contribution in [3.63, 3.8) is 0 Å². The van der Waals surface area contributed by atoms with Crippen molar-refractivity contribution < 1.29 is 28.8 Å². The zero-order valence-electron chi connectivity index (χ0n) is 11.3. The van der Waals surface area contributed by atoms with Crippen LogP contribution in [0, 0.1) is 5.92 Å². The Bertz CT molecular complexity index is 516. The molecule has 2 aliphatic heterocycles. The van der Waals surface area contributed by atoms with Gasteiger partial charge in [0, 0.05) is 12.5 Å². The number of carboxylic acid groups (broad SMARTS) is 1. The summed E-state index contributed by atoms with van der Waals surface area (Å²) >= 11 is -1.39. The van der Waals surface area contributed by atoms with Crippen molar-refractivity contribution in [1.82, 2.24) is 4.90 Å². The maximum absolute atomic E-state index is 12.1. The quantitative estimate of drug-likeness (QED) is 0.441. The van der Waals surface area contributed by atoms with Crippen LogP contribution in [0.15, 0.2) is 11.3 Å². The molecule has 2 rings (SSSR count). The third-order valence-corrected chi connectivity index (χ3v) is 5.18. The van der Waals surface area contributed by atoms with Crippen LogP contribution in [-0.4, -0.2) is 49.6 Å². The smallest absolute Gasteiger partial charge is 0.352 e. The molecule has 4 atom stereocenters. The first-order chi connectivity index (χ1) is 9.25. The molecule has 0 spiro atoms. The summed E-state index contributed by atoms with van der Waals surface area (Å²) in [6.45, 7) is 4.32. The standard InChI is InChI=1S/C12H15NO6S/c1-5-4-20(18)11-8(6(2)19-7(3)14)10(15)13(11)9(5)12(16)17/h6,8,11H,4H2,1-3H3,(H,16,17)/t6?,8-,11+,20?/m0/s1. The van der Waals surface area contributed by atoms with Gasteiger partial charge >= 0.3 is 11.9 Å².